The number of ether oxygens (including phenoxy) is 2. The highest BCUT2D eigenvalue weighted by Crippen LogP contribution is 2.25. The maximum absolute atomic E-state index is 12.8. The van der Waals surface area contributed by atoms with Gasteiger partial charge in [-0.2, -0.15) is 0 Å². The zero-order valence-corrected chi connectivity index (χ0v) is 13.0. The molecule has 116 valence electrons. The van der Waals surface area contributed by atoms with Gasteiger partial charge in [-0.1, -0.05) is 0 Å². The van der Waals surface area contributed by atoms with Gasteiger partial charge in [-0.15, -0.1) is 0 Å². The van der Waals surface area contributed by atoms with E-state index in [1.165, 1.54) is 6.42 Å². The molecule has 1 heterocycles. The highest BCUT2D eigenvalue weighted by atomic mass is 16.5. The molecular weight excluding hydrogens is 268 g/mol. The normalized spacial score (nSPS) is 18.4. The van der Waals surface area contributed by atoms with Gasteiger partial charge in [0.1, 0.15) is 11.5 Å². The van der Waals surface area contributed by atoms with Gasteiger partial charge in [0.25, 0.3) is 5.91 Å². The van der Waals surface area contributed by atoms with Crippen LogP contribution in [-0.4, -0.2) is 51.2 Å². The molecule has 0 radical (unpaired) electrons. The number of carbonyl (C=O) groups is 1. The average molecular weight is 292 g/mol. The Hall–Kier alpha value is -1.75. The van der Waals surface area contributed by atoms with Crippen molar-refractivity contribution in [2.45, 2.75) is 25.3 Å². The number of methoxy groups -OCH3 is 2. The highest BCUT2D eigenvalue weighted by molar-refractivity contribution is 5.95. The number of amides is 1. The van der Waals surface area contributed by atoms with Crippen LogP contribution in [0.25, 0.3) is 0 Å². The van der Waals surface area contributed by atoms with Crippen molar-refractivity contribution in [3.8, 4) is 11.5 Å². The lowest BCUT2D eigenvalue weighted by Gasteiger charge is -2.36. The van der Waals surface area contributed by atoms with Gasteiger partial charge in [-0.05, 0) is 38.4 Å². The van der Waals surface area contributed by atoms with E-state index in [-0.39, 0.29) is 11.9 Å². The third-order valence-corrected chi connectivity index (χ3v) is 3.93. The number of piperidine rings is 1. The fourth-order valence-electron chi connectivity index (χ4n) is 2.81. The van der Waals surface area contributed by atoms with Gasteiger partial charge in [-0.25, -0.2) is 0 Å². The van der Waals surface area contributed by atoms with Gasteiger partial charge in [0.15, 0.2) is 0 Å². The molecule has 2 rings (SSSR count). The van der Waals surface area contributed by atoms with Crippen LogP contribution in [0.15, 0.2) is 18.2 Å². The minimum Gasteiger partial charge on any atom is -0.497 e. The first-order valence-corrected chi connectivity index (χ1v) is 7.38. The van der Waals surface area contributed by atoms with E-state index in [1.807, 2.05) is 11.9 Å². The summed E-state index contributed by atoms with van der Waals surface area (Å²) >= 11 is 0. The fraction of sp³-hybridized carbons (Fsp3) is 0.562. The Morgan fingerprint density at radius 2 is 1.90 bits per heavy atom. The first-order chi connectivity index (χ1) is 10.2. The number of rotatable bonds is 5. The van der Waals surface area contributed by atoms with Crippen LogP contribution in [0.4, 0.5) is 0 Å². The molecule has 1 N–H and O–H groups in total. The van der Waals surface area contributed by atoms with Gasteiger partial charge in [0, 0.05) is 30.8 Å². The summed E-state index contributed by atoms with van der Waals surface area (Å²) in [4.78, 5) is 14.8. The molecule has 5 nitrogen and oxygen atoms in total. The van der Waals surface area contributed by atoms with Gasteiger partial charge >= 0.3 is 0 Å². The molecule has 0 spiro atoms. The van der Waals surface area contributed by atoms with Crippen molar-refractivity contribution in [3.63, 3.8) is 0 Å². The lowest BCUT2D eigenvalue weighted by atomic mass is 10.0. The summed E-state index contributed by atoms with van der Waals surface area (Å²) in [6.45, 7) is 1.64. The van der Waals surface area contributed by atoms with Crippen molar-refractivity contribution < 1.29 is 14.3 Å². The van der Waals surface area contributed by atoms with Gasteiger partial charge in [0.2, 0.25) is 0 Å². The number of hydrogen-bond acceptors (Lipinski definition) is 4. The Morgan fingerprint density at radius 3 is 2.48 bits per heavy atom. The molecule has 1 aliphatic heterocycles. The quantitative estimate of drug-likeness (QED) is 0.901. The largest absolute Gasteiger partial charge is 0.497 e. The van der Waals surface area contributed by atoms with Crippen LogP contribution in [0.1, 0.15) is 29.6 Å². The molecule has 1 amide bonds. The van der Waals surface area contributed by atoms with Crippen LogP contribution in [0, 0.1) is 0 Å². The Bertz CT molecular complexity index is 466. The summed E-state index contributed by atoms with van der Waals surface area (Å²) in [5.41, 5.74) is 0.620. The smallest absolute Gasteiger partial charge is 0.254 e. The lowest BCUT2D eigenvalue weighted by Crippen LogP contribution is -2.48. The Balaban J connectivity index is 2.24. The summed E-state index contributed by atoms with van der Waals surface area (Å²) in [6, 6.07) is 5.58. The molecule has 0 aliphatic carbocycles. The molecule has 1 aromatic rings. The molecule has 0 aromatic heterocycles. The van der Waals surface area contributed by atoms with E-state index in [1.54, 1.807) is 32.4 Å². The zero-order chi connectivity index (χ0) is 15.2. The molecule has 21 heavy (non-hydrogen) atoms. The predicted molar refractivity (Wildman–Crippen MR) is 82.1 cm³/mol. The number of nitrogens with one attached hydrogen (secondary N) is 1. The second kappa shape index (κ2) is 7.31. The van der Waals surface area contributed by atoms with Crippen molar-refractivity contribution in [3.05, 3.63) is 23.8 Å². The third-order valence-electron chi connectivity index (χ3n) is 3.93. The van der Waals surface area contributed by atoms with E-state index in [0.29, 0.717) is 17.1 Å². The third kappa shape index (κ3) is 3.67. The molecule has 1 saturated heterocycles. The monoisotopic (exact) mass is 292 g/mol. The Labute approximate surface area is 126 Å². The molecule has 1 unspecified atom stereocenters. The van der Waals surface area contributed by atoms with Crippen LogP contribution in [0.5, 0.6) is 11.5 Å². The summed E-state index contributed by atoms with van der Waals surface area (Å²) in [5, 5.41) is 3.18. The predicted octanol–water partition coefficient (Wildman–Crippen LogP) is 1.92. The van der Waals surface area contributed by atoms with E-state index in [0.717, 1.165) is 25.9 Å². The Morgan fingerprint density at radius 1 is 1.24 bits per heavy atom. The number of hydrogen-bond donors (Lipinski definition) is 1. The minimum atomic E-state index is 0.0483. The van der Waals surface area contributed by atoms with Gasteiger partial charge in [0.05, 0.1) is 14.2 Å². The molecule has 0 bridgehead atoms. The minimum absolute atomic E-state index is 0.0483. The second-order valence-electron chi connectivity index (χ2n) is 5.31. The van der Waals surface area contributed by atoms with E-state index >= 15 is 0 Å². The van der Waals surface area contributed by atoms with Crippen LogP contribution in [0.3, 0.4) is 0 Å². The number of likely N-dealkylation sites (tertiary alicyclic amines) is 1. The standard InChI is InChI=1S/C16H24N2O3/c1-17-11-13-6-4-5-7-18(13)16(19)12-8-14(20-2)10-15(9-12)21-3/h8-10,13,17H,4-7,11H2,1-3H3. The number of likely N-dealkylation sites (N-methyl/N-ethyl adjacent to an activating group) is 1. The molecule has 1 fully saturated rings. The SMILES string of the molecule is CNCC1CCCCN1C(=O)c1cc(OC)cc(OC)c1. The van der Waals surface area contributed by atoms with Crippen molar-refractivity contribution in [1.29, 1.82) is 0 Å². The summed E-state index contributed by atoms with van der Waals surface area (Å²) < 4.78 is 10.5. The topological polar surface area (TPSA) is 50.8 Å². The van der Waals surface area contributed by atoms with Crippen molar-refractivity contribution in [2.75, 3.05) is 34.4 Å². The van der Waals surface area contributed by atoms with Crippen LogP contribution >= 0.6 is 0 Å². The molecule has 1 aliphatic rings. The lowest BCUT2D eigenvalue weighted by molar-refractivity contribution is 0.0614. The molecule has 0 saturated carbocycles. The van der Waals surface area contributed by atoms with Crippen LogP contribution in [0.2, 0.25) is 0 Å². The summed E-state index contributed by atoms with van der Waals surface area (Å²) in [7, 11) is 5.10. The van der Waals surface area contributed by atoms with E-state index in [4.69, 9.17) is 9.47 Å². The van der Waals surface area contributed by atoms with Gasteiger partial charge in [-0.3, -0.25) is 4.79 Å². The first kappa shape index (κ1) is 15.6. The summed E-state index contributed by atoms with van der Waals surface area (Å²) in [5.74, 6) is 1.33. The zero-order valence-electron chi connectivity index (χ0n) is 13.0. The van der Waals surface area contributed by atoms with Crippen LogP contribution in [-0.2, 0) is 0 Å². The van der Waals surface area contributed by atoms with Crippen molar-refractivity contribution in [2.24, 2.45) is 0 Å². The number of carbonyl (C=O) groups excluding carboxylic acids is 1. The maximum atomic E-state index is 12.8. The van der Waals surface area contributed by atoms with Crippen molar-refractivity contribution in [1.82, 2.24) is 10.2 Å². The summed E-state index contributed by atoms with van der Waals surface area (Å²) in [6.07, 6.45) is 3.29. The first-order valence-electron chi connectivity index (χ1n) is 7.38. The highest BCUT2D eigenvalue weighted by Gasteiger charge is 2.27. The van der Waals surface area contributed by atoms with E-state index < -0.39 is 0 Å². The average Bonchev–Trinajstić information content (AvgIpc) is 2.54. The van der Waals surface area contributed by atoms with Crippen molar-refractivity contribution >= 4 is 5.91 Å². The molecule has 5 heteroatoms. The number of benzene rings is 1. The van der Waals surface area contributed by atoms with E-state index in [2.05, 4.69) is 5.32 Å². The fourth-order valence-corrected chi connectivity index (χ4v) is 2.81. The van der Waals surface area contributed by atoms with Crippen LogP contribution < -0.4 is 14.8 Å². The molecule has 1 atom stereocenters. The Kier molecular flexibility index (Phi) is 5.44. The maximum Gasteiger partial charge on any atom is 0.254 e. The number of nitrogens with zero attached hydrogens (tertiary/aromatic N) is 1. The van der Waals surface area contributed by atoms with Gasteiger partial charge < -0.3 is 19.7 Å². The van der Waals surface area contributed by atoms with E-state index in [9.17, 15) is 4.79 Å². The molecule has 1 aromatic carbocycles. The molecular formula is C16H24N2O3. The second-order valence-corrected chi connectivity index (χ2v) is 5.31.